The maximum Gasteiger partial charge on any atom is 0.475 e. The molecule has 1 N–H and O–H groups in total. The lowest BCUT2D eigenvalue weighted by atomic mass is 10.1. The van der Waals surface area contributed by atoms with Crippen molar-refractivity contribution in [2.75, 3.05) is 18.5 Å². The van der Waals surface area contributed by atoms with Gasteiger partial charge in [0.15, 0.2) is 6.10 Å². The van der Waals surface area contributed by atoms with E-state index < -0.39 is 62.3 Å². The van der Waals surface area contributed by atoms with E-state index in [0.29, 0.717) is 10.1 Å². The van der Waals surface area contributed by atoms with E-state index in [9.17, 15) is 18.9 Å². The SMILES string of the molecule is CC(C)OC(=O)[C@H](C)CCOP1(=O)OC[C@H]2O[C@@H](n3ccc(NC(=O)c4ccccc4)nc3=O)C(F)(F)[C@@H]2O1. The van der Waals surface area contributed by atoms with Gasteiger partial charge in [0.25, 0.3) is 5.91 Å². The molecule has 0 radical (unpaired) electrons. The fraction of sp³-hybridized carbons (Fsp3) is 0.500. The van der Waals surface area contributed by atoms with E-state index in [1.165, 1.54) is 6.07 Å². The van der Waals surface area contributed by atoms with Crippen LogP contribution in [-0.2, 0) is 32.4 Å². The minimum atomic E-state index is -4.42. The highest BCUT2D eigenvalue weighted by Gasteiger charge is 2.65. The van der Waals surface area contributed by atoms with Crippen molar-refractivity contribution in [1.82, 2.24) is 9.55 Å². The number of hydrogen-bond donors (Lipinski definition) is 1. The second-order valence-corrected chi connectivity index (χ2v) is 10.9. The molecule has 1 amide bonds. The summed E-state index contributed by atoms with van der Waals surface area (Å²) in [5.74, 6) is -5.60. The number of carbonyl (C=O) groups excluding carboxylic acids is 2. The zero-order valence-electron chi connectivity index (χ0n) is 21.3. The lowest BCUT2D eigenvalue weighted by molar-refractivity contribution is -0.152. The quantitative estimate of drug-likeness (QED) is 0.351. The summed E-state index contributed by atoms with van der Waals surface area (Å²) in [6.07, 6.45) is -4.78. The van der Waals surface area contributed by atoms with Crippen molar-refractivity contribution in [2.45, 2.75) is 57.7 Å². The van der Waals surface area contributed by atoms with E-state index in [1.807, 2.05) is 0 Å². The molecule has 1 unspecified atom stereocenters. The third-order valence-corrected chi connectivity index (χ3v) is 7.35. The van der Waals surface area contributed by atoms with Gasteiger partial charge in [0, 0.05) is 11.8 Å². The Morgan fingerprint density at radius 3 is 2.62 bits per heavy atom. The van der Waals surface area contributed by atoms with Gasteiger partial charge in [-0.15, -0.1) is 0 Å². The van der Waals surface area contributed by atoms with E-state index in [4.69, 9.17) is 23.0 Å². The number of fused-ring (bicyclic) bond motifs is 1. The smallest absolute Gasteiger partial charge is 0.463 e. The Morgan fingerprint density at radius 1 is 1.23 bits per heavy atom. The number of nitrogens with one attached hydrogen (secondary N) is 1. The molecule has 0 spiro atoms. The summed E-state index contributed by atoms with van der Waals surface area (Å²) in [6, 6.07) is 9.30. The van der Waals surface area contributed by atoms with Gasteiger partial charge in [-0.05, 0) is 38.5 Å². The minimum Gasteiger partial charge on any atom is -0.463 e. The van der Waals surface area contributed by atoms with Crippen LogP contribution in [0.4, 0.5) is 14.6 Å². The number of alkyl halides is 2. The summed E-state index contributed by atoms with van der Waals surface area (Å²) in [7, 11) is -4.42. The summed E-state index contributed by atoms with van der Waals surface area (Å²) in [5, 5.41) is 2.42. The number of ether oxygens (including phenoxy) is 2. The molecule has 0 bridgehead atoms. The highest BCUT2D eigenvalue weighted by Crippen LogP contribution is 2.59. The van der Waals surface area contributed by atoms with E-state index in [0.717, 1.165) is 6.20 Å². The first-order valence-electron chi connectivity index (χ1n) is 12.2. The molecule has 15 heteroatoms. The lowest BCUT2D eigenvalue weighted by Gasteiger charge is -2.31. The highest BCUT2D eigenvalue weighted by molar-refractivity contribution is 7.48. The third-order valence-electron chi connectivity index (χ3n) is 5.90. The summed E-state index contributed by atoms with van der Waals surface area (Å²) >= 11 is 0. The maximum atomic E-state index is 15.4. The number of phosphoric acid groups is 1. The molecule has 5 atom stereocenters. The maximum absolute atomic E-state index is 15.4. The molecule has 0 saturated carbocycles. The largest absolute Gasteiger partial charge is 0.475 e. The molecule has 3 heterocycles. The van der Waals surface area contributed by atoms with Gasteiger partial charge in [-0.25, -0.2) is 9.36 Å². The van der Waals surface area contributed by atoms with Crippen molar-refractivity contribution in [3.63, 3.8) is 0 Å². The first kappa shape index (κ1) is 29.0. The van der Waals surface area contributed by atoms with Gasteiger partial charge in [-0.3, -0.25) is 27.7 Å². The molecule has 0 aliphatic carbocycles. The number of nitrogens with zero attached hydrogens (tertiary/aromatic N) is 2. The van der Waals surface area contributed by atoms with Gasteiger partial charge in [-0.1, -0.05) is 25.1 Å². The average molecular weight is 571 g/mol. The molecule has 2 aliphatic heterocycles. The predicted octanol–water partition coefficient (Wildman–Crippen LogP) is 3.55. The van der Waals surface area contributed by atoms with Crippen LogP contribution in [0.25, 0.3) is 0 Å². The van der Waals surface area contributed by atoms with Gasteiger partial charge in [0.05, 0.1) is 25.2 Å². The molecule has 2 aromatic rings. The number of carbonyl (C=O) groups is 2. The first-order valence-corrected chi connectivity index (χ1v) is 13.6. The van der Waals surface area contributed by atoms with Crippen molar-refractivity contribution < 1.29 is 46.0 Å². The number of halogens is 2. The highest BCUT2D eigenvalue weighted by atomic mass is 31.2. The van der Waals surface area contributed by atoms with Crippen LogP contribution in [-0.4, -0.2) is 58.9 Å². The van der Waals surface area contributed by atoms with E-state index in [1.54, 1.807) is 51.1 Å². The zero-order chi connectivity index (χ0) is 28.4. The van der Waals surface area contributed by atoms with Gasteiger partial charge in [0.1, 0.15) is 11.9 Å². The van der Waals surface area contributed by atoms with E-state index in [2.05, 4.69) is 10.3 Å². The lowest BCUT2D eigenvalue weighted by Crippen LogP contribution is -2.45. The Bertz CT molecular complexity index is 1310. The van der Waals surface area contributed by atoms with Crippen LogP contribution in [0.15, 0.2) is 47.4 Å². The number of rotatable bonds is 9. The van der Waals surface area contributed by atoms with Gasteiger partial charge in [0.2, 0.25) is 6.23 Å². The first-order chi connectivity index (χ1) is 18.4. The van der Waals surface area contributed by atoms with E-state index in [-0.39, 0.29) is 24.9 Å². The number of amides is 1. The number of benzene rings is 1. The molecule has 2 aliphatic rings. The zero-order valence-corrected chi connectivity index (χ0v) is 22.2. The Balaban J connectivity index is 1.40. The van der Waals surface area contributed by atoms with Crippen LogP contribution in [0.5, 0.6) is 0 Å². The fourth-order valence-electron chi connectivity index (χ4n) is 3.88. The van der Waals surface area contributed by atoms with Gasteiger partial charge in [-0.2, -0.15) is 13.8 Å². The molecular weight excluding hydrogens is 543 g/mol. The monoisotopic (exact) mass is 571 g/mol. The molecule has 1 aromatic carbocycles. The molecule has 2 saturated heterocycles. The second kappa shape index (κ2) is 11.6. The Labute approximate surface area is 222 Å². The number of aromatic nitrogens is 2. The third kappa shape index (κ3) is 6.59. The van der Waals surface area contributed by atoms with E-state index >= 15 is 8.78 Å². The number of anilines is 1. The molecule has 12 nitrogen and oxygen atoms in total. The van der Waals surface area contributed by atoms with Crippen LogP contribution >= 0.6 is 7.82 Å². The average Bonchev–Trinajstić information content (AvgIpc) is 3.13. The Morgan fingerprint density at radius 2 is 1.95 bits per heavy atom. The second-order valence-electron chi connectivity index (χ2n) is 9.30. The number of phosphoric ester groups is 1. The van der Waals surface area contributed by atoms with Crippen LogP contribution in [0.2, 0.25) is 0 Å². The summed E-state index contributed by atoms with van der Waals surface area (Å²) < 4.78 is 69.9. The van der Waals surface area contributed by atoms with Crippen molar-refractivity contribution in [1.29, 1.82) is 0 Å². The summed E-state index contributed by atoms with van der Waals surface area (Å²) in [6.45, 7) is 4.14. The fourth-order valence-corrected chi connectivity index (χ4v) is 5.29. The van der Waals surface area contributed by atoms with Crippen molar-refractivity contribution in [2.24, 2.45) is 5.92 Å². The van der Waals surface area contributed by atoms with Crippen molar-refractivity contribution in [3.05, 3.63) is 58.6 Å². The van der Waals surface area contributed by atoms with Crippen molar-refractivity contribution in [3.8, 4) is 0 Å². The normalized spacial score (nSPS) is 26.6. The Hall–Kier alpha value is -3.03. The number of esters is 1. The standard InChI is InChI=1S/C24H28F2N3O9P/c1-14(2)36-21(31)15(3)10-12-34-39(33)35-13-17-19(38-39)24(25,26)22(37-17)29-11-9-18(28-23(29)32)27-20(30)16-7-5-4-6-8-16/h4-9,11,14-15,17,19,22H,10,12-13H2,1-3H3,(H,27,28,30,32)/t15-,17-,19-,22-,39?/m1/s1. The van der Waals surface area contributed by atoms with Crippen LogP contribution in [0.1, 0.15) is 43.8 Å². The van der Waals surface area contributed by atoms with Crippen LogP contribution < -0.4 is 11.0 Å². The molecule has 212 valence electrons. The topological polar surface area (TPSA) is 144 Å². The summed E-state index contributed by atoms with van der Waals surface area (Å²) in [5.41, 5.74) is -0.807. The molecule has 4 rings (SSSR count). The van der Waals surface area contributed by atoms with Gasteiger partial charge < -0.3 is 14.8 Å². The van der Waals surface area contributed by atoms with Crippen molar-refractivity contribution >= 4 is 25.5 Å². The molecule has 2 fully saturated rings. The molecular formula is C24H28F2N3O9P. The number of hydrogen-bond acceptors (Lipinski definition) is 10. The predicted molar refractivity (Wildman–Crippen MR) is 131 cm³/mol. The van der Waals surface area contributed by atoms with Gasteiger partial charge >= 0.3 is 25.4 Å². The molecule has 39 heavy (non-hydrogen) atoms. The molecule has 1 aromatic heterocycles. The summed E-state index contributed by atoms with van der Waals surface area (Å²) in [4.78, 5) is 40.4. The van der Waals surface area contributed by atoms with Crippen LogP contribution in [0, 0.1) is 5.92 Å². The van der Waals surface area contributed by atoms with Crippen LogP contribution in [0.3, 0.4) is 0 Å². The Kier molecular flexibility index (Phi) is 8.62. The minimum absolute atomic E-state index is 0.0834.